The van der Waals surface area contributed by atoms with Gasteiger partial charge in [-0.05, 0) is 11.4 Å². The zero-order chi connectivity index (χ0) is 16.3. The van der Waals surface area contributed by atoms with Crippen molar-refractivity contribution in [3.8, 4) is 0 Å². The van der Waals surface area contributed by atoms with Crippen LogP contribution in [-0.2, 0) is 14.8 Å². The molecule has 1 aliphatic heterocycles. The molecule has 22 heavy (non-hydrogen) atoms. The van der Waals surface area contributed by atoms with Gasteiger partial charge in [-0.2, -0.15) is 15.6 Å². The van der Waals surface area contributed by atoms with Crippen LogP contribution in [0.15, 0.2) is 16.8 Å². The predicted octanol–water partition coefficient (Wildman–Crippen LogP) is -0.172. The van der Waals surface area contributed by atoms with Gasteiger partial charge in [0, 0.05) is 38.6 Å². The Hall–Kier alpha value is -1.45. The molecule has 9 heteroatoms. The molecule has 1 aromatic heterocycles. The number of hydrogen-bond acceptors (Lipinski definition) is 5. The summed E-state index contributed by atoms with van der Waals surface area (Å²) in [6.45, 7) is 0.768. The number of hydrogen-bond donors (Lipinski definition) is 1. The lowest BCUT2D eigenvalue weighted by Crippen LogP contribution is -2.42. The maximum Gasteiger partial charge on any atom is 0.254 e. The summed E-state index contributed by atoms with van der Waals surface area (Å²) in [5.41, 5.74) is 0.563. The summed E-state index contributed by atoms with van der Waals surface area (Å²) < 4.78 is 24.8. The summed E-state index contributed by atoms with van der Waals surface area (Å²) in [7, 11) is -1.91. The maximum atomic E-state index is 12.5. The third-order valence-corrected chi connectivity index (χ3v) is 5.58. The Morgan fingerprint density at radius 3 is 2.59 bits per heavy atom. The molecule has 1 aromatic rings. The van der Waals surface area contributed by atoms with Crippen LogP contribution < -0.4 is 5.32 Å². The zero-order valence-corrected chi connectivity index (χ0v) is 14.1. The topological polar surface area (TPSA) is 86.8 Å². The molecular formula is C13H19N3O4S2. The van der Waals surface area contributed by atoms with E-state index in [0.29, 0.717) is 5.56 Å². The summed E-state index contributed by atoms with van der Waals surface area (Å²) in [5.74, 6) is -1.02. The van der Waals surface area contributed by atoms with Crippen LogP contribution in [-0.4, -0.2) is 68.9 Å². The van der Waals surface area contributed by atoms with Crippen LogP contribution in [0.4, 0.5) is 0 Å². The minimum atomic E-state index is -3.41. The highest BCUT2D eigenvalue weighted by molar-refractivity contribution is 7.88. The Morgan fingerprint density at radius 2 is 2.05 bits per heavy atom. The Balaban J connectivity index is 2.23. The molecule has 1 N–H and O–H groups in total. The molecule has 0 aromatic carbocycles. The minimum absolute atomic E-state index is 0.0892. The number of sulfonamides is 1. The second-order valence-electron chi connectivity index (χ2n) is 5.20. The van der Waals surface area contributed by atoms with Gasteiger partial charge in [-0.15, -0.1) is 0 Å². The molecule has 1 saturated heterocycles. The van der Waals surface area contributed by atoms with Crippen LogP contribution in [0, 0.1) is 5.92 Å². The van der Waals surface area contributed by atoms with E-state index in [1.54, 1.807) is 16.3 Å². The molecule has 0 bridgehead atoms. The van der Waals surface area contributed by atoms with Gasteiger partial charge in [-0.25, -0.2) is 8.42 Å². The van der Waals surface area contributed by atoms with Crippen molar-refractivity contribution < 1.29 is 18.0 Å². The van der Waals surface area contributed by atoms with Gasteiger partial charge in [0.15, 0.2) is 0 Å². The van der Waals surface area contributed by atoms with Crippen molar-refractivity contribution in [2.45, 2.75) is 0 Å². The first-order valence-electron chi connectivity index (χ1n) is 6.81. The second kappa shape index (κ2) is 6.76. The maximum absolute atomic E-state index is 12.5. The monoisotopic (exact) mass is 345 g/mol. The Labute approximate surface area is 134 Å². The average Bonchev–Trinajstić information content (AvgIpc) is 2.89. The molecule has 0 aliphatic carbocycles. The summed E-state index contributed by atoms with van der Waals surface area (Å²) >= 11 is 1.42. The van der Waals surface area contributed by atoms with Crippen LogP contribution in [0.2, 0.25) is 0 Å². The highest BCUT2D eigenvalue weighted by Gasteiger charge is 2.33. The van der Waals surface area contributed by atoms with Gasteiger partial charge in [0.1, 0.15) is 0 Å². The van der Waals surface area contributed by atoms with Gasteiger partial charge in [-0.1, -0.05) is 0 Å². The van der Waals surface area contributed by atoms with Gasteiger partial charge in [0.2, 0.25) is 15.9 Å². The fourth-order valence-corrected chi connectivity index (χ4v) is 3.90. The van der Waals surface area contributed by atoms with E-state index in [4.69, 9.17) is 0 Å². The van der Waals surface area contributed by atoms with Gasteiger partial charge >= 0.3 is 0 Å². The fourth-order valence-electron chi connectivity index (χ4n) is 2.41. The predicted molar refractivity (Wildman–Crippen MR) is 84.2 cm³/mol. The molecule has 2 heterocycles. The van der Waals surface area contributed by atoms with E-state index >= 15 is 0 Å². The molecule has 1 unspecified atom stereocenters. The van der Waals surface area contributed by atoms with Crippen molar-refractivity contribution in [2.75, 3.05) is 39.5 Å². The summed E-state index contributed by atoms with van der Waals surface area (Å²) in [4.78, 5) is 26.0. The van der Waals surface area contributed by atoms with E-state index in [1.807, 2.05) is 5.38 Å². The van der Waals surface area contributed by atoms with Crippen LogP contribution >= 0.6 is 11.3 Å². The third-order valence-electron chi connectivity index (χ3n) is 3.63. The Kier molecular flexibility index (Phi) is 5.20. The van der Waals surface area contributed by atoms with Crippen LogP contribution in [0.25, 0.3) is 0 Å². The lowest BCUT2D eigenvalue weighted by atomic mass is 10.1. The van der Waals surface area contributed by atoms with E-state index in [-0.39, 0.29) is 38.0 Å². The first-order chi connectivity index (χ1) is 10.3. The van der Waals surface area contributed by atoms with Crippen molar-refractivity contribution in [2.24, 2.45) is 5.92 Å². The van der Waals surface area contributed by atoms with E-state index in [0.717, 1.165) is 6.26 Å². The summed E-state index contributed by atoms with van der Waals surface area (Å²) in [6, 6.07) is 1.72. The summed E-state index contributed by atoms with van der Waals surface area (Å²) in [6.07, 6.45) is 1.12. The number of nitrogens with one attached hydrogen (secondary N) is 1. The van der Waals surface area contributed by atoms with Crippen molar-refractivity contribution in [3.63, 3.8) is 0 Å². The van der Waals surface area contributed by atoms with Crippen molar-refractivity contribution in [1.29, 1.82) is 0 Å². The van der Waals surface area contributed by atoms with Gasteiger partial charge in [0.05, 0.1) is 17.7 Å². The summed E-state index contributed by atoms with van der Waals surface area (Å²) in [5, 5.41) is 6.09. The van der Waals surface area contributed by atoms with E-state index in [2.05, 4.69) is 5.32 Å². The molecular weight excluding hydrogens is 326 g/mol. The van der Waals surface area contributed by atoms with Crippen molar-refractivity contribution >= 4 is 33.2 Å². The van der Waals surface area contributed by atoms with Gasteiger partial charge in [-0.3, -0.25) is 9.59 Å². The zero-order valence-electron chi connectivity index (χ0n) is 12.5. The normalized spacial score (nSPS) is 20.5. The lowest BCUT2D eigenvalue weighted by molar-refractivity contribution is -0.124. The van der Waals surface area contributed by atoms with Crippen molar-refractivity contribution in [1.82, 2.24) is 14.5 Å². The number of carbonyl (C=O) groups excluding carboxylic acids is 2. The Morgan fingerprint density at radius 1 is 1.32 bits per heavy atom. The first-order valence-corrected chi connectivity index (χ1v) is 9.60. The van der Waals surface area contributed by atoms with Crippen molar-refractivity contribution in [3.05, 3.63) is 22.4 Å². The molecule has 122 valence electrons. The van der Waals surface area contributed by atoms with E-state index in [1.165, 1.54) is 22.7 Å². The highest BCUT2D eigenvalue weighted by atomic mass is 32.2. The molecule has 1 fully saturated rings. The van der Waals surface area contributed by atoms with Crippen LogP contribution in [0.1, 0.15) is 10.4 Å². The van der Waals surface area contributed by atoms with E-state index < -0.39 is 15.9 Å². The molecule has 0 saturated carbocycles. The van der Waals surface area contributed by atoms with Crippen LogP contribution in [0.3, 0.4) is 0 Å². The Bertz CT molecular complexity index is 642. The smallest absolute Gasteiger partial charge is 0.254 e. The molecule has 1 aliphatic rings. The van der Waals surface area contributed by atoms with Gasteiger partial charge in [0.25, 0.3) is 5.91 Å². The first kappa shape index (κ1) is 16.9. The second-order valence-corrected chi connectivity index (χ2v) is 7.96. The standard InChI is InChI=1S/C13H19N3O4S2/c1-14-12(17)11-7-15(13(18)10-3-6-21-9-10)4-5-16(8-11)22(2,19)20/h3,6,9,11H,4-5,7-8H2,1-2H3,(H,14,17). The number of amides is 2. The quantitative estimate of drug-likeness (QED) is 0.824. The third kappa shape index (κ3) is 3.84. The largest absolute Gasteiger partial charge is 0.359 e. The SMILES string of the molecule is CNC(=O)C1CN(C(=O)c2ccsc2)CCN(S(C)(=O)=O)C1. The molecule has 1 atom stereocenters. The number of rotatable bonds is 3. The van der Waals surface area contributed by atoms with E-state index in [9.17, 15) is 18.0 Å². The molecule has 2 amide bonds. The van der Waals surface area contributed by atoms with Crippen LogP contribution in [0.5, 0.6) is 0 Å². The minimum Gasteiger partial charge on any atom is -0.359 e. The lowest BCUT2D eigenvalue weighted by Gasteiger charge is -2.22. The molecule has 2 rings (SSSR count). The fraction of sp³-hybridized carbons (Fsp3) is 0.538. The molecule has 0 radical (unpaired) electrons. The molecule has 7 nitrogen and oxygen atoms in total. The van der Waals surface area contributed by atoms with Gasteiger partial charge < -0.3 is 10.2 Å². The number of carbonyl (C=O) groups is 2. The number of thiophene rings is 1. The number of nitrogens with zero attached hydrogens (tertiary/aromatic N) is 2. The highest BCUT2D eigenvalue weighted by Crippen LogP contribution is 2.16. The molecule has 0 spiro atoms. The average molecular weight is 345 g/mol.